The minimum atomic E-state index is -1.14. The SMILES string of the molecule is O=C(O)COC(C(=O)O)C1CC1. The molecule has 1 aliphatic rings. The van der Waals surface area contributed by atoms with E-state index in [2.05, 4.69) is 4.74 Å². The zero-order chi connectivity index (χ0) is 9.14. The van der Waals surface area contributed by atoms with Crippen LogP contribution in [0, 0.1) is 5.92 Å². The van der Waals surface area contributed by atoms with Crippen LogP contribution in [0.3, 0.4) is 0 Å². The van der Waals surface area contributed by atoms with Crippen molar-refractivity contribution >= 4 is 11.9 Å². The van der Waals surface area contributed by atoms with E-state index >= 15 is 0 Å². The summed E-state index contributed by atoms with van der Waals surface area (Å²) in [5.41, 5.74) is 0. The van der Waals surface area contributed by atoms with Gasteiger partial charge < -0.3 is 14.9 Å². The Hall–Kier alpha value is -1.10. The van der Waals surface area contributed by atoms with Gasteiger partial charge in [-0.25, -0.2) is 9.59 Å². The molecular formula is C7H10O5. The molecule has 0 heterocycles. The number of carbonyl (C=O) groups is 2. The normalized spacial score (nSPS) is 18.7. The number of aliphatic carboxylic acids is 2. The maximum atomic E-state index is 10.5. The van der Waals surface area contributed by atoms with E-state index < -0.39 is 24.6 Å². The minimum absolute atomic E-state index is 0.0156. The molecule has 0 aliphatic heterocycles. The summed E-state index contributed by atoms with van der Waals surface area (Å²) in [5, 5.41) is 16.8. The average molecular weight is 174 g/mol. The summed E-state index contributed by atoms with van der Waals surface area (Å²) in [6.45, 7) is -0.534. The van der Waals surface area contributed by atoms with Crippen molar-refractivity contribution in [2.75, 3.05) is 6.61 Å². The molecule has 0 bridgehead atoms. The molecule has 0 saturated heterocycles. The Bertz CT molecular complexity index is 196. The molecule has 12 heavy (non-hydrogen) atoms. The van der Waals surface area contributed by atoms with Crippen LogP contribution in [-0.2, 0) is 14.3 Å². The van der Waals surface area contributed by atoms with Crippen molar-refractivity contribution in [1.82, 2.24) is 0 Å². The average Bonchev–Trinajstić information content (AvgIpc) is 2.69. The fraction of sp³-hybridized carbons (Fsp3) is 0.714. The first kappa shape index (κ1) is 8.99. The molecule has 0 aromatic rings. The van der Waals surface area contributed by atoms with Gasteiger partial charge >= 0.3 is 11.9 Å². The van der Waals surface area contributed by atoms with Crippen LogP contribution in [0.1, 0.15) is 12.8 Å². The van der Waals surface area contributed by atoms with Crippen molar-refractivity contribution in [3.05, 3.63) is 0 Å². The fourth-order valence-corrected chi connectivity index (χ4v) is 0.969. The highest BCUT2D eigenvalue weighted by molar-refractivity contribution is 5.74. The third kappa shape index (κ3) is 2.50. The Morgan fingerprint density at radius 1 is 1.42 bits per heavy atom. The number of carboxylic acids is 2. The van der Waals surface area contributed by atoms with Crippen molar-refractivity contribution in [2.24, 2.45) is 5.92 Å². The molecule has 1 atom stereocenters. The summed E-state index contributed by atoms with van der Waals surface area (Å²) in [6.07, 6.45) is 0.703. The molecule has 5 nitrogen and oxygen atoms in total. The van der Waals surface area contributed by atoms with E-state index in [0.29, 0.717) is 0 Å². The van der Waals surface area contributed by atoms with Crippen LogP contribution in [-0.4, -0.2) is 34.9 Å². The first-order valence-electron chi connectivity index (χ1n) is 3.67. The lowest BCUT2D eigenvalue weighted by Gasteiger charge is -2.09. The molecule has 1 unspecified atom stereocenters. The molecule has 1 rings (SSSR count). The van der Waals surface area contributed by atoms with Crippen LogP contribution in [0.4, 0.5) is 0 Å². The largest absolute Gasteiger partial charge is 0.480 e. The molecule has 1 fully saturated rings. The monoisotopic (exact) mass is 174 g/mol. The highest BCUT2D eigenvalue weighted by Crippen LogP contribution is 2.34. The maximum absolute atomic E-state index is 10.5. The van der Waals surface area contributed by atoms with Gasteiger partial charge in [0, 0.05) is 0 Å². The van der Waals surface area contributed by atoms with Gasteiger partial charge in [-0.2, -0.15) is 0 Å². The molecule has 2 N–H and O–H groups in total. The predicted octanol–water partition coefficient (Wildman–Crippen LogP) is -0.0492. The van der Waals surface area contributed by atoms with Crippen LogP contribution in [0.25, 0.3) is 0 Å². The van der Waals surface area contributed by atoms with E-state index in [-0.39, 0.29) is 5.92 Å². The molecule has 0 aromatic carbocycles. The van der Waals surface area contributed by atoms with Crippen LogP contribution in [0.15, 0.2) is 0 Å². The van der Waals surface area contributed by atoms with Gasteiger partial charge in [-0.15, -0.1) is 0 Å². The van der Waals surface area contributed by atoms with Gasteiger partial charge in [0.25, 0.3) is 0 Å². The lowest BCUT2D eigenvalue weighted by molar-refractivity contribution is -0.157. The van der Waals surface area contributed by atoms with E-state index in [9.17, 15) is 9.59 Å². The lowest BCUT2D eigenvalue weighted by atomic mass is 10.2. The van der Waals surface area contributed by atoms with Gasteiger partial charge in [0.05, 0.1) is 0 Å². The van der Waals surface area contributed by atoms with Gasteiger partial charge in [0.15, 0.2) is 6.10 Å². The zero-order valence-electron chi connectivity index (χ0n) is 6.40. The standard InChI is InChI=1S/C7H10O5/c8-5(9)3-12-6(7(10)11)4-1-2-4/h4,6H,1-3H2,(H,8,9)(H,10,11). The predicted molar refractivity (Wildman–Crippen MR) is 37.7 cm³/mol. The van der Waals surface area contributed by atoms with Gasteiger partial charge in [-0.1, -0.05) is 0 Å². The summed E-state index contributed by atoms with van der Waals surface area (Å²) in [5.74, 6) is -2.19. The van der Waals surface area contributed by atoms with Gasteiger partial charge in [-0.3, -0.25) is 0 Å². The van der Waals surface area contributed by atoms with Gasteiger partial charge in [0.2, 0.25) is 0 Å². The summed E-state index contributed by atoms with van der Waals surface area (Å²) in [7, 11) is 0. The van der Waals surface area contributed by atoms with E-state index in [4.69, 9.17) is 10.2 Å². The molecule has 0 aromatic heterocycles. The quantitative estimate of drug-likeness (QED) is 0.610. The van der Waals surface area contributed by atoms with Crippen LogP contribution >= 0.6 is 0 Å². The number of hydrogen-bond donors (Lipinski definition) is 2. The van der Waals surface area contributed by atoms with Gasteiger partial charge in [-0.05, 0) is 18.8 Å². The van der Waals surface area contributed by atoms with Crippen molar-refractivity contribution in [1.29, 1.82) is 0 Å². The molecule has 1 aliphatic carbocycles. The third-order valence-corrected chi connectivity index (χ3v) is 1.68. The third-order valence-electron chi connectivity index (χ3n) is 1.68. The highest BCUT2D eigenvalue weighted by atomic mass is 16.5. The van der Waals surface area contributed by atoms with Crippen LogP contribution in [0.5, 0.6) is 0 Å². The van der Waals surface area contributed by atoms with Crippen LogP contribution < -0.4 is 0 Å². The van der Waals surface area contributed by atoms with Gasteiger partial charge in [0.1, 0.15) is 6.61 Å². The second-order valence-corrected chi connectivity index (χ2v) is 2.80. The summed E-state index contributed by atoms with van der Waals surface area (Å²) in [6, 6.07) is 0. The highest BCUT2D eigenvalue weighted by Gasteiger charge is 2.37. The molecule has 0 radical (unpaired) electrons. The molecule has 1 saturated carbocycles. The maximum Gasteiger partial charge on any atom is 0.333 e. The zero-order valence-corrected chi connectivity index (χ0v) is 6.40. The van der Waals surface area contributed by atoms with E-state index in [1.54, 1.807) is 0 Å². The van der Waals surface area contributed by atoms with E-state index in [1.165, 1.54) is 0 Å². The Morgan fingerprint density at radius 2 is 2.00 bits per heavy atom. The Balaban J connectivity index is 2.33. The van der Waals surface area contributed by atoms with Crippen LogP contribution in [0.2, 0.25) is 0 Å². The van der Waals surface area contributed by atoms with E-state index in [0.717, 1.165) is 12.8 Å². The summed E-state index contributed by atoms with van der Waals surface area (Å²) in [4.78, 5) is 20.5. The molecule has 0 spiro atoms. The smallest absolute Gasteiger partial charge is 0.333 e. The minimum Gasteiger partial charge on any atom is -0.480 e. The van der Waals surface area contributed by atoms with Crippen molar-refractivity contribution in [2.45, 2.75) is 18.9 Å². The number of rotatable bonds is 5. The summed E-state index contributed by atoms with van der Waals surface area (Å²) >= 11 is 0. The second kappa shape index (κ2) is 3.53. The lowest BCUT2D eigenvalue weighted by Crippen LogP contribution is -2.28. The number of carboxylic acid groups (broad SMARTS) is 2. The van der Waals surface area contributed by atoms with E-state index in [1.807, 2.05) is 0 Å². The first-order valence-corrected chi connectivity index (χ1v) is 3.67. The Morgan fingerprint density at radius 3 is 2.33 bits per heavy atom. The molecule has 5 heteroatoms. The molecule has 68 valence electrons. The Labute approximate surface area is 68.9 Å². The van der Waals surface area contributed by atoms with Crippen molar-refractivity contribution in [3.8, 4) is 0 Å². The second-order valence-electron chi connectivity index (χ2n) is 2.80. The summed E-state index contributed by atoms with van der Waals surface area (Å²) < 4.78 is 4.69. The van der Waals surface area contributed by atoms with Crippen molar-refractivity contribution < 1.29 is 24.5 Å². The molecule has 0 amide bonds. The first-order chi connectivity index (χ1) is 5.61. The molecular weight excluding hydrogens is 164 g/mol. The fourth-order valence-electron chi connectivity index (χ4n) is 0.969. The van der Waals surface area contributed by atoms with Crippen molar-refractivity contribution in [3.63, 3.8) is 0 Å². The number of ether oxygens (including phenoxy) is 1. The Kier molecular flexibility index (Phi) is 2.65. The number of hydrogen-bond acceptors (Lipinski definition) is 3. The topological polar surface area (TPSA) is 83.8 Å².